The van der Waals surface area contributed by atoms with Gasteiger partial charge in [0.25, 0.3) is 5.91 Å². The minimum atomic E-state index is -0.499. The predicted molar refractivity (Wildman–Crippen MR) is 100 cm³/mol. The van der Waals surface area contributed by atoms with E-state index in [9.17, 15) is 14.4 Å². The van der Waals surface area contributed by atoms with Crippen LogP contribution in [0.25, 0.3) is 0 Å². The highest BCUT2D eigenvalue weighted by molar-refractivity contribution is 6.13. The Morgan fingerprint density at radius 1 is 1.19 bits per heavy atom. The Labute approximate surface area is 159 Å². The smallest absolute Gasteiger partial charge is 0.332 e. The first-order chi connectivity index (χ1) is 12.7. The number of fused-ring (bicyclic) bond motifs is 2. The van der Waals surface area contributed by atoms with Gasteiger partial charge in [-0.25, -0.2) is 4.79 Å². The molecule has 27 heavy (non-hydrogen) atoms. The average molecular weight is 370 g/mol. The fourth-order valence-electron chi connectivity index (χ4n) is 5.14. The molecule has 2 bridgehead atoms. The summed E-state index contributed by atoms with van der Waals surface area (Å²) in [5, 5.41) is 0. The normalized spacial score (nSPS) is 31.7. The summed E-state index contributed by atoms with van der Waals surface area (Å²) in [6.45, 7) is 6.33. The summed E-state index contributed by atoms with van der Waals surface area (Å²) < 4.78 is 5.78. The molecule has 3 aliphatic rings. The number of ether oxygens (including phenoxy) is 1. The van der Waals surface area contributed by atoms with Gasteiger partial charge in [-0.2, -0.15) is 0 Å². The molecule has 0 spiro atoms. The zero-order valence-electron chi connectivity index (χ0n) is 16.1. The number of carbonyl (C=O) groups is 3. The summed E-state index contributed by atoms with van der Waals surface area (Å²) in [5.74, 6) is -0.314. The van der Waals surface area contributed by atoms with Crippen LogP contribution in [0.4, 0.5) is 10.5 Å². The van der Waals surface area contributed by atoms with Crippen molar-refractivity contribution in [1.82, 2.24) is 4.90 Å². The molecule has 2 aliphatic carbocycles. The summed E-state index contributed by atoms with van der Waals surface area (Å²) >= 11 is 0. The van der Waals surface area contributed by atoms with Crippen molar-refractivity contribution in [1.29, 1.82) is 0 Å². The zero-order valence-corrected chi connectivity index (χ0v) is 16.1. The third kappa shape index (κ3) is 2.65. The lowest BCUT2D eigenvalue weighted by Gasteiger charge is -2.38. The first-order valence-electron chi connectivity index (χ1n) is 9.60. The van der Waals surface area contributed by atoms with Crippen molar-refractivity contribution in [2.24, 2.45) is 16.7 Å². The third-order valence-electron chi connectivity index (χ3n) is 7.40. The fourth-order valence-corrected chi connectivity index (χ4v) is 5.14. The largest absolute Gasteiger partial charge is 0.460 e. The number of urea groups is 1. The maximum atomic E-state index is 12.6. The van der Waals surface area contributed by atoms with Gasteiger partial charge >= 0.3 is 12.0 Å². The van der Waals surface area contributed by atoms with E-state index in [-0.39, 0.29) is 35.9 Å². The Bertz CT molecular complexity index is 791. The third-order valence-corrected chi connectivity index (χ3v) is 7.40. The SMILES string of the molecule is CC1(C)[C@@H]2CC[C@]1(C)[C@@H](OC(=O)CN1C(=O)CN(c3ccccc3)C1=O)C2. The zero-order chi connectivity index (χ0) is 19.4. The van der Waals surface area contributed by atoms with E-state index < -0.39 is 12.0 Å². The van der Waals surface area contributed by atoms with Gasteiger partial charge in [-0.15, -0.1) is 0 Å². The van der Waals surface area contributed by atoms with E-state index in [4.69, 9.17) is 4.74 Å². The Morgan fingerprint density at radius 2 is 1.89 bits per heavy atom. The van der Waals surface area contributed by atoms with Gasteiger partial charge in [-0.3, -0.25) is 19.4 Å². The highest BCUT2D eigenvalue weighted by Gasteiger charge is 2.63. The molecule has 1 saturated heterocycles. The first kappa shape index (κ1) is 18.0. The van der Waals surface area contributed by atoms with Gasteiger partial charge < -0.3 is 4.74 Å². The summed E-state index contributed by atoms with van der Waals surface area (Å²) in [5.41, 5.74) is 0.748. The molecular formula is C21H26N2O4. The standard InChI is InChI=1S/C21H26N2O4/c1-20(2)14-9-10-21(20,3)16(11-14)27-18(25)13-23-17(24)12-22(19(23)26)15-7-5-4-6-8-15/h4-8,14,16H,9-13H2,1-3H3/t14-,16+,21-/m1/s1. The second-order valence-corrected chi connectivity index (χ2v) is 8.77. The van der Waals surface area contributed by atoms with Crippen molar-refractivity contribution in [2.75, 3.05) is 18.0 Å². The van der Waals surface area contributed by atoms with E-state index in [1.165, 1.54) is 11.3 Å². The molecule has 0 unspecified atom stereocenters. The van der Waals surface area contributed by atoms with Crippen LogP contribution >= 0.6 is 0 Å². The van der Waals surface area contributed by atoms with Crippen molar-refractivity contribution in [3.8, 4) is 0 Å². The lowest BCUT2D eigenvalue weighted by atomic mass is 9.70. The van der Waals surface area contributed by atoms with Crippen molar-refractivity contribution in [2.45, 2.75) is 46.1 Å². The van der Waals surface area contributed by atoms with Gasteiger partial charge in [0, 0.05) is 11.1 Å². The van der Waals surface area contributed by atoms with Crippen LogP contribution in [-0.2, 0) is 14.3 Å². The van der Waals surface area contributed by atoms with Crippen molar-refractivity contribution in [3.05, 3.63) is 30.3 Å². The molecule has 0 N–H and O–H groups in total. The summed E-state index contributed by atoms with van der Waals surface area (Å²) in [4.78, 5) is 39.8. The van der Waals surface area contributed by atoms with E-state index in [1.807, 2.05) is 18.2 Å². The van der Waals surface area contributed by atoms with Gasteiger partial charge in [-0.1, -0.05) is 39.0 Å². The molecular weight excluding hydrogens is 344 g/mol. The van der Waals surface area contributed by atoms with E-state index in [0.29, 0.717) is 11.6 Å². The molecule has 6 nitrogen and oxygen atoms in total. The number of esters is 1. The summed E-state index contributed by atoms with van der Waals surface area (Å²) in [6, 6.07) is 8.53. The number of anilines is 1. The number of hydrogen-bond acceptors (Lipinski definition) is 4. The molecule has 1 aromatic rings. The Kier molecular flexibility index (Phi) is 4.05. The van der Waals surface area contributed by atoms with Gasteiger partial charge in [-0.05, 0) is 42.7 Å². The van der Waals surface area contributed by atoms with Crippen molar-refractivity contribution >= 4 is 23.6 Å². The molecule has 0 radical (unpaired) electrons. The van der Waals surface area contributed by atoms with E-state index in [0.717, 1.165) is 17.7 Å². The molecule has 6 heteroatoms. The number of carbonyl (C=O) groups excluding carboxylic acids is 3. The van der Waals surface area contributed by atoms with Gasteiger partial charge in [0.2, 0.25) is 0 Å². The molecule has 1 heterocycles. The predicted octanol–water partition coefficient (Wildman–Crippen LogP) is 3.21. The number of para-hydroxylation sites is 1. The molecule has 2 saturated carbocycles. The number of nitrogens with zero attached hydrogens (tertiary/aromatic N) is 2. The Hall–Kier alpha value is -2.37. The average Bonchev–Trinajstić information content (AvgIpc) is 3.11. The van der Waals surface area contributed by atoms with Gasteiger partial charge in [0.1, 0.15) is 19.2 Å². The molecule has 3 amide bonds. The summed E-state index contributed by atoms with van der Waals surface area (Å²) in [7, 11) is 0. The molecule has 1 aliphatic heterocycles. The van der Waals surface area contributed by atoms with Crippen molar-refractivity contribution in [3.63, 3.8) is 0 Å². The second-order valence-electron chi connectivity index (χ2n) is 8.77. The number of benzene rings is 1. The van der Waals surface area contributed by atoms with Crippen LogP contribution < -0.4 is 4.90 Å². The molecule has 1 aromatic carbocycles. The minimum absolute atomic E-state index is 0.0393. The quantitative estimate of drug-likeness (QED) is 0.603. The van der Waals surface area contributed by atoms with Crippen LogP contribution in [0.5, 0.6) is 0 Å². The molecule has 3 atom stereocenters. The maximum Gasteiger partial charge on any atom is 0.332 e. The van der Waals surface area contributed by atoms with Crippen LogP contribution in [0, 0.1) is 16.7 Å². The number of rotatable bonds is 4. The van der Waals surface area contributed by atoms with Crippen LogP contribution in [0.3, 0.4) is 0 Å². The number of hydrogen-bond donors (Lipinski definition) is 0. The molecule has 0 aromatic heterocycles. The molecule has 4 rings (SSSR count). The van der Waals surface area contributed by atoms with Crippen LogP contribution in [0.15, 0.2) is 30.3 Å². The van der Waals surface area contributed by atoms with E-state index in [2.05, 4.69) is 20.8 Å². The minimum Gasteiger partial charge on any atom is -0.460 e. The van der Waals surface area contributed by atoms with Gasteiger partial charge in [0.15, 0.2) is 0 Å². The van der Waals surface area contributed by atoms with Crippen LogP contribution in [0.2, 0.25) is 0 Å². The molecule has 3 fully saturated rings. The monoisotopic (exact) mass is 370 g/mol. The maximum absolute atomic E-state index is 12.6. The fraction of sp³-hybridized carbons (Fsp3) is 0.571. The number of amides is 3. The van der Waals surface area contributed by atoms with E-state index >= 15 is 0 Å². The van der Waals surface area contributed by atoms with Crippen LogP contribution in [-0.4, -0.2) is 42.0 Å². The lowest BCUT2D eigenvalue weighted by Crippen LogP contribution is -2.42. The van der Waals surface area contributed by atoms with Crippen LogP contribution in [0.1, 0.15) is 40.0 Å². The van der Waals surface area contributed by atoms with Gasteiger partial charge in [0.05, 0.1) is 0 Å². The van der Waals surface area contributed by atoms with E-state index in [1.54, 1.807) is 12.1 Å². The topological polar surface area (TPSA) is 66.9 Å². The van der Waals surface area contributed by atoms with Crippen molar-refractivity contribution < 1.29 is 19.1 Å². The highest BCUT2D eigenvalue weighted by atomic mass is 16.5. The summed E-state index contributed by atoms with van der Waals surface area (Å²) in [6.07, 6.45) is 2.95. The highest BCUT2D eigenvalue weighted by Crippen LogP contribution is 2.66. The Morgan fingerprint density at radius 3 is 2.48 bits per heavy atom. The Balaban J connectivity index is 1.42. The second kappa shape index (κ2) is 6.08. The first-order valence-corrected chi connectivity index (χ1v) is 9.60. The molecule has 144 valence electrons. The number of imide groups is 1. The lowest BCUT2D eigenvalue weighted by molar-refractivity contribution is -0.158.